The third-order valence-corrected chi connectivity index (χ3v) is 6.22. The number of aryl methyl sites for hydroxylation is 1. The van der Waals surface area contributed by atoms with Gasteiger partial charge in [-0.1, -0.05) is 36.7 Å². The van der Waals surface area contributed by atoms with Gasteiger partial charge in [0.1, 0.15) is 4.88 Å². The highest BCUT2D eigenvalue weighted by Crippen LogP contribution is 2.35. The first-order valence-electron chi connectivity index (χ1n) is 9.74. The normalized spacial score (nSPS) is 16.6. The number of nitrogens with one attached hydrogen (secondary N) is 1. The quantitative estimate of drug-likeness (QED) is 0.850. The van der Waals surface area contributed by atoms with Crippen molar-refractivity contribution >= 4 is 34.7 Å². The summed E-state index contributed by atoms with van der Waals surface area (Å²) in [7, 11) is 0. The fourth-order valence-electron chi connectivity index (χ4n) is 4.05. The molecule has 0 unspecified atom stereocenters. The van der Waals surface area contributed by atoms with Gasteiger partial charge in [-0.25, -0.2) is 0 Å². The number of carbonyl (C=O) groups excluding carboxylic acids is 2. The summed E-state index contributed by atoms with van der Waals surface area (Å²) in [5.74, 6) is 0.223. The van der Waals surface area contributed by atoms with Gasteiger partial charge in [-0.2, -0.15) is 0 Å². The minimum atomic E-state index is -0.180. The summed E-state index contributed by atoms with van der Waals surface area (Å²) in [4.78, 5) is 28.0. The summed E-state index contributed by atoms with van der Waals surface area (Å²) >= 11 is 1.13. The molecule has 1 aromatic carbocycles. The summed E-state index contributed by atoms with van der Waals surface area (Å²) in [6.07, 6.45) is 6.84. The van der Waals surface area contributed by atoms with Crippen molar-refractivity contribution in [2.24, 2.45) is 5.92 Å². The van der Waals surface area contributed by atoms with Crippen LogP contribution in [0.1, 0.15) is 60.0 Å². The molecule has 0 spiro atoms. The maximum atomic E-state index is 12.9. The number of hydrogen-bond acceptors (Lipinski definition) is 5. The van der Waals surface area contributed by atoms with Crippen molar-refractivity contribution in [2.75, 3.05) is 16.8 Å². The number of rotatable bonds is 5. The lowest BCUT2D eigenvalue weighted by molar-refractivity contribution is -0.122. The van der Waals surface area contributed by atoms with Crippen LogP contribution in [0, 0.1) is 5.92 Å². The van der Waals surface area contributed by atoms with Crippen LogP contribution in [0.5, 0.6) is 0 Å². The van der Waals surface area contributed by atoms with Crippen LogP contribution < -0.4 is 10.2 Å². The second-order valence-electron chi connectivity index (χ2n) is 7.32. The van der Waals surface area contributed by atoms with Gasteiger partial charge in [0.05, 0.1) is 5.69 Å². The zero-order valence-corrected chi connectivity index (χ0v) is 16.3. The zero-order chi connectivity index (χ0) is 18.8. The lowest BCUT2D eigenvalue weighted by Gasteiger charge is -2.21. The van der Waals surface area contributed by atoms with Crippen molar-refractivity contribution < 1.29 is 9.59 Å². The Hall–Kier alpha value is -2.28. The van der Waals surface area contributed by atoms with Gasteiger partial charge >= 0.3 is 0 Å². The van der Waals surface area contributed by atoms with Crippen LogP contribution in [-0.2, 0) is 17.6 Å². The molecular formula is C20H24N4O2S. The van der Waals surface area contributed by atoms with Crippen molar-refractivity contribution in [3.63, 3.8) is 0 Å². The third kappa shape index (κ3) is 3.60. The third-order valence-electron chi connectivity index (χ3n) is 5.46. The highest BCUT2D eigenvalue weighted by atomic mass is 32.1. The molecule has 0 saturated heterocycles. The molecule has 2 heterocycles. The molecule has 0 atom stereocenters. The van der Waals surface area contributed by atoms with E-state index in [-0.39, 0.29) is 17.7 Å². The van der Waals surface area contributed by atoms with E-state index >= 15 is 0 Å². The Labute approximate surface area is 163 Å². The Morgan fingerprint density at radius 1 is 1.30 bits per heavy atom. The Bertz CT molecular complexity index is 857. The fraction of sp³-hybridized carbons (Fsp3) is 0.500. The van der Waals surface area contributed by atoms with Crippen LogP contribution in [0.2, 0.25) is 0 Å². The first-order valence-corrected chi connectivity index (χ1v) is 10.5. The molecule has 1 aliphatic carbocycles. The molecule has 27 heavy (non-hydrogen) atoms. The van der Waals surface area contributed by atoms with E-state index in [1.807, 2.05) is 23.1 Å². The molecule has 4 rings (SSSR count). The van der Waals surface area contributed by atoms with E-state index < -0.39 is 0 Å². The van der Waals surface area contributed by atoms with Gasteiger partial charge in [0.15, 0.2) is 0 Å². The van der Waals surface area contributed by atoms with E-state index in [2.05, 4.69) is 21.8 Å². The molecule has 0 radical (unpaired) electrons. The molecule has 1 fully saturated rings. The maximum absolute atomic E-state index is 12.9. The molecule has 1 saturated carbocycles. The molecule has 6 nitrogen and oxygen atoms in total. The number of nitrogens with zero attached hydrogens (tertiary/aromatic N) is 3. The first kappa shape index (κ1) is 18.1. The zero-order valence-electron chi connectivity index (χ0n) is 15.5. The fourth-order valence-corrected chi connectivity index (χ4v) is 4.65. The number of carbonyl (C=O) groups is 2. The highest BCUT2D eigenvalue weighted by Gasteiger charge is 2.32. The molecule has 1 N–H and O–H groups in total. The number of anilines is 2. The lowest BCUT2D eigenvalue weighted by Crippen LogP contribution is -2.33. The molecule has 142 valence electrons. The predicted octanol–water partition coefficient (Wildman–Crippen LogP) is 3.82. The number of fused-ring (bicyclic) bond motifs is 1. The molecule has 2 aromatic rings. The van der Waals surface area contributed by atoms with Gasteiger partial charge in [0, 0.05) is 23.8 Å². The van der Waals surface area contributed by atoms with Crippen molar-refractivity contribution in [3.8, 4) is 0 Å². The summed E-state index contributed by atoms with van der Waals surface area (Å²) in [6, 6.07) is 5.86. The highest BCUT2D eigenvalue weighted by molar-refractivity contribution is 7.08. The Morgan fingerprint density at radius 3 is 2.89 bits per heavy atom. The molecule has 1 aromatic heterocycles. The van der Waals surface area contributed by atoms with E-state index in [9.17, 15) is 9.59 Å². The van der Waals surface area contributed by atoms with Crippen LogP contribution in [0.15, 0.2) is 18.2 Å². The summed E-state index contributed by atoms with van der Waals surface area (Å²) in [5.41, 5.74) is 3.58. The number of aromatic nitrogens is 2. The molecule has 2 amide bonds. The van der Waals surface area contributed by atoms with Gasteiger partial charge < -0.3 is 10.2 Å². The number of benzene rings is 1. The molecular weight excluding hydrogens is 360 g/mol. The predicted molar refractivity (Wildman–Crippen MR) is 106 cm³/mol. The Balaban J connectivity index is 1.52. The monoisotopic (exact) mass is 384 g/mol. The second-order valence-corrected chi connectivity index (χ2v) is 8.07. The van der Waals surface area contributed by atoms with E-state index in [1.54, 1.807) is 0 Å². The van der Waals surface area contributed by atoms with E-state index in [0.29, 0.717) is 10.6 Å². The summed E-state index contributed by atoms with van der Waals surface area (Å²) in [5, 5.41) is 7.02. The maximum Gasteiger partial charge on any atom is 0.269 e. The summed E-state index contributed by atoms with van der Waals surface area (Å²) < 4.78 is 3.92. The number of hydrogen-bond donors (Lipinski definition) is 1. The van der Waals surface area contributed by atoms with Crippen LogP contribution in [-0.4, -0.2) is 27.9 Å². The van der Waals surface area contributed by atoms with Gasteiger partial charge in [0.25, 0.3) is 5.91 Å². The standard InChI is InChI=1S/C20H24N4O2S/c1-2-5-16-18(27-23-22-16)19(25)21-15-9-8-13-10-11-24(17(13)12-15)20(26)14-6-3-4-7-14/h8-9,12,14H,2-7,10-11H2,1H3,(H,21,25). The molecule has 0 bridgehead atoms. The minimum absolute atomic E-state index is 0.161. The second kappa shape index (κ2) is 7.76. The van der Waals surface area contributed by atoms with E-state index in [0.717, 1.165) is 74.4 Å². The Morgan fingerprint density at radius 2 is 2.11 bits per heavy atom. The largest absolute Gasteiger partial charge is 0.321 e. The van der Waals surface area contributed by atoms with E-state index in [4.69, 9.17) is 0 Å². The smallest absolute Gasteiger partial charge is 0.269 e. The SMILES string of the molecule is CCCc1nnsc1C(=O)Nc1ccc2c(c1)N(C(=O)C1CCCC1)CC2. The van der Waals surface area contributed by atoms with Crippen molar-refractivity contribution in [1.29, 1.82) is 0 Å². The van der Waals surface area contributed by atoms with Crippen molar-refractivity contribution in [3.05, 3.63) is 34.3 Å². The lowest BCUT2D eigenvalue weighted by atomic mass is 10.1. The summed E-state index contributed by atoms with van der Waals surface area (Å²) in [6.45, 7) is 2.79. The van der Waals surface area contributed by atoms with Crippen LogP contribution in [0.3, 0.4) is 0 Å². The van der Waals surface area contributed by atoms with Gasteiger partial charge in [-0.3, -0.25) is 9.59 Å². The van der Waals surface area contributed by atoms with Gasteiger partial charge in [-0.05, 0) is 54.9 Å². The van der Waals surface area contributed by atoms with Crippen molar-refractivity contribution in [2.45, 2.75) is 51.9 Å². The molecule has 2 aliphatic rings. The van der Waals surface area contributed by atoms with Gasteiger partial charge in [-0.15, -0.1) is 5.10 Å². The average molecular weight is 385 g/mol. The van der Waals surface area contributed by atoms with Crippen LogP contribution >= 0.6 is 11.5 Å². The minimum Gasteiger partial charge on any atom is -0.321 e. The van der Waals surface area contributed by atoms with Gasteiger partial charge in [0.2, 0.25) is 5.91 Å². The van der Waals surface area contributed by atoms with E-state index in [1.165, 1.54) is 5.56 Å². The first-order chi connectivity index (χ1) is 13.2. The van der Waals surface area contributed by atoms with Crippen LogP contribution in [0.25, 0.3) is 0 Å². The molecule has 1 aliphatic heterocycles. The number of amides is 2. The average Bonchev–Trinajstić information content (AvgIpc) is 3.41. The topological polar surface area (TPSA) is 75.2 Å². The van der Waals surface area contributed by atoms with Crippen LogP contribution in [0.4, 0.5) is 11.4 Å². The van der Waals surface area contributed by atoms with Crippen molar-refractivity contribution in [1.82, 2.24) is 9.59 Å². The molecule has 7 heteroatoms. The Kier molecular flexibility index (Phi) is 5.20.